The van der Waals surface area contributed by atoms with Gasteiger partial charge in [0, 0.05) is 35.7 Å². The molecule has 2 aromatic rings. The van der Waals surface area contributed by atoms with Crippen LogP contribution in [0.15, 0.2) is 24.3 Å². The molecule has 1 aromatic carbocycles. The first-order valence-electron chi connectivity index (χ1n) is 8.79. The summed E-state index contributed by atoms with van der Waals surface area (Å²) < 4.78 is 38.2. The van der Waals surface area contributed by atoms with Crippen LogP contribution < -0.4 is 0 Å². The topological polar surface area (TPSA) is 66.1 Å². The van der Waals surface area contributed by atoms with Crippen molar-refractivity contribution in [2.24, 2.45) is 5.92 Å². The van der Waals surface area contributed by atoms with Crippen molar-refractivity contribution in [2.75, 3.05) is 6.54 Å². The Hall–Kier alpha value is -2.64. The zero-order valence-electron chi connectivity index (χ0n) is 15.1. The van der Waals surface area contributed by atoms with Crippen LogP contribution in [0, 0.1) is 5.92 Å². The van der Waals surface area contributed by atoms with Gasteiger partial charge < -0.3 is 4.90 Å². The van der Waals surface area contributed by atoms with Gasteiger partial charge in [0.25, 0.3) is 5.91 Å². The number of ketones is 1. The second-order valence-corrected chi connectivity index (χ2v) is 6.75. The number of halogens is 3. The fourth-order valence-corrected chi connectivity index (χ4v) is 3.08. The molecule has 1 amide bonds. The highest BCUT2D eigenvalue weighted by molar-refractivity contribution is 6.36. The number of benzene rings is 1. The van der Waals surface area contributed by atoms with Crippen LogP contribution in [0.2, 0.25) is 0 Å². The highest BCUT2D eigenvalue weighted by Crippen LogP contribution is 2.33. The zero-order valence-corrected chi connectivity index (χ0v) is 15.1. The molecule has 0 bridgehead atoms. The fraction of sp³-hybridized carbons (Fsp3) is 0.421. The molecule has 3 rings (SSSR count). The van der Waals surface area contributed by atoms with E-state index in [1.807, 2.05) is 6.92 Å². The Morgan fingerprint density at radius 2 is 1.93 bits per heavy atom. The monoisotopic (exact) mass is 379 g/mol. The lowest BCUT2D eigenvalue weighted by Crippen LogP contribution is -2.41. The predicted molar refractivity (Wildman–Crippen MR) is 92.6 cm³/mol. The number of hydrogen-bond acceptors (Lipinski definition) is 3. The quantitative estimate of drug-likeness (QED) is 0.826. The van der Waals surface area contributed by atoms with Gasteiger partial charge in [-0.05, 0) is 18.6 Å². The number of aromatic amines is 1. The minimum Gasteiger partial charge on any atom is -0.331 e. The summed E-state index contributed by atoms with van der Waals surface area (Å²) in [7, 11) is 0. The smallest absolute Gasteiger partial charge is 0.331 e. The Morgan fingerprint density at radius 3 is 2.52 bits per heavy atom. The highest BCUT2D eigenvalue weighted by atomic mass is 19.4. The summed E-state index contributed by atoms with van der Waals surface area (Å²) in [5.41, 5.74) is 1.89. The van der Waals surface area contributed by atoms with Gasteiger partial charge in [-0.15, -0.1) is 0 Å². The SMILES string of the molecule is CCC(C)C(=O)C(=O)N1CCc2[nH]nc(-c3ccc(C(F)(F)F)cc3)c2C1. The molecular weight excluding hydrogens is 359 g/mol. The van der Waals surface area contributed by atoms with E-state index in [1.54, 1.807) is 6.92 Å². The standard InChI is InChI=1S/C19H20F3N3O2/c1-3-11(2)17(26)18(27)25-9-8-15-14(10-25)16(24-23-15)12-4-6-13(7-5-12)19(20,21)22/h4-7,11H,3,8-10H2,1-2H3,(H,23,24). The Balaban J connectivity index is 1.85. The second-order valence-electron chi connectivity index (χ2n) is 6.75. The maximum absolute atomic E-state index is 12.7. The largest absolute Gasteiger partial charge is 0.416 e. The van der Waals surface area contributed by atoms with Crippen LogP contribution in [-0.2, 0) is 28.7 Å². The number of nitrogens with one attached hydrogen (secondary N) is 1. The van der Waals surface area contributed by atoms with E-state index in [2.05, 4.69) is 10.2 Å². The molecule has 0 aliphatic carbocycles. The Kier molecular flexibility index (Phi) is 5.08. The van der Waals surface area contributed by atoms with Crippen LogP contribution in [0.1, 0.15) is 37.1 Å². The van der Waals surface area contributed by atoms with Gasteiger partial charge in [0.1, 0.15) is 0 Å². The summed E-state index contributed by atoms with van der Waals surface area (Å²) in [6, 6.07) is 4.75. The molecule has 1 aliphatic heterocycles. The summed E-state index contributed by atoms with van der Waals surface area (Å²) in [6.07, 6.45) is -3.29. The van der Waals surface area contributed by atoms with Gasteiger partial charge >= 0.3 is 6.18 Å². The van der Waals surface area contributed by atoms with Crippen LogP contribution >= 0.6 is 0 Å². The molecule has 1 atom stereocenters. The van der Waals surface area contributed by atoms with Crippen molar-refractivity contribution >= 4 is 11.7 Å². The van der Waals surface area contributed by atoms with E-state index in [0.717, 1.165) is 23.4 Å². The molecule has 8 heteroatoms. The number of Topliss-reactive ketones (excluding diaryl/α,β-unsaturated/α-hetero) is 1. The predicted octanol–water partition coefficient (Wildman–Crippen LogP) is 3.60. The van der Waals surface area contributed by atoms with Gasteiger partial charge in [-0.3, -0.25) is 14.7 Å². The van der Waals surface area contributed by atoms with Crippen LogP contribution in [0.3, 0.4) is 0 Å². The number of amides is 1. The number of H-pyrrole nitrogens is 1. The van der Waals surface area contributed by atoms with Crippen LogP contribution in [0.5, 0.6) is 0 Å². The van der Waals surface area contributed by atoms with E-state index in [0.29, 0.717) is 30.6 Å². The number of carbonyl (C=O) groups excluding carboxylic acids is 2. The third kappa shape index (κ3) is 3.74. The van der Waals surface area contributed by atoms with Gasteiger partial charge in [0.05, 0.1) is 17.8 Å². The molecule has 144 valence electrons. The van der Waals surface area contributed by atoms with Gasteiger partial charge in [-0.1, -0.05) is 26.0 Å². The number of fused-ring (bicyclic) bond motifs is 1. The molecule has 0 radical (unpaired) electrons. The molecule has 1 aliphatic rings. The van der Waals surface area contributed by atoms with Gasteiger partial charge in [0.15, 0.2) is 0 Å². The van der Waals surface area contributed by atoms with Crippen molar-refractivity contribution < 1.29 is 22.8 Å². The number of nitrogens with zero attached hydrogens (tertiary/aromatic N) is 2. The van der Waals surface area contributed by atoms with Crippen molar-refractivity contribution in [1.82, 2.24) is 15.1 Å². The average molecular weight is 379 g/mol. The minimum absolute atomic E-state index is 0.212. The molecule has 0 saturated heterocycles. The Morgan fingerprint density at radius 1 is 1.26 bits per heavy atom. The first-order chi connectivity index (χ1) is 12.7. The maximum Gasteiger partial charge on any atom is 0.416 e. The van der Waals surface area contributed by atoms with Crippen LogP contribution in [-0.4, -0.2) is 33.3 Å². The molecule has 1 unspecified atom stereocenters. The van der Waals surface area contributed by atoms with Crippen molar-refractivity contribution in [1.29, 1.82) is 0 Å². The summed E-state index contributed by atoms with van der Waals surface area (Å²) in [5, 5.41) is 7.12. The minimum atomic E-state index is -4.40. The number of aromatic nitrogens is 2. The van der Waals surface area contributed by atoms with E-state index in [4.69, 9.17) is 0 Å². The average Bonchev–Trinajstić information content (AvgIpc) is 3.08. The third-order valence-electron chi connectivity index (χ3n) is 4.98. The summed E-state index contributed by atoms with van der Waals surface area (Å²) in [5.74, 6) is -1.27. The maximum atomic E-state index is 12.7. The van der Waals surface area contributed by atoms with Crippen molar-refractivity contribution in [2.45, 2.75) is 39.4 Å². The lowest BCUT2D eigenvalue weighted by Gasteiger charge is -2.27. The van der Waals surface area contributed by atoms with E-state index in [1.165, 1.54) is 17.0 Å². The fourth-order valence-electron chi connectivity index (χ4n) is 3.08. The Bertz CT molecular complexity index is 856. The third-order valence-corrected chi connectivity index (χ3v) is 4.98. The van der Waals surface area contributed by atoms with Gasteiger partial charge in [0.2, 0.25) is 5.78 Å². The normalized spacial score (nSPS) is 15.4. The Labute approximate surface area is 154 Å². The van der Waals surface area contributed by atoms with Crippen LogP contribution in [0.4, 0.5) is 13.2 Å². The lowest BCUT2D eigenvalue weighted by atomic mass is 9.98. The molecule has 2 heterocycles. The van der Waals surface area contributed by atoms with E-state index in [-0.39, 0.29) is 12.5 Å². The summed E-state index contributed by atoms with van der Waals surface area (Å²) in [4.78, 5) is 26.1. The number of carbonyl (C=O) groups is 2. The first kappa shape index (κ1) is 19.1. The molecule has 1 N–H and O–H groups in total. The molecule has 0 fully saturated rings. The molecule has 1 aromatic heterocycles. The summed E-state index contributed by atoms with van der Waals surface area (Å²) >= 11 is 0. The number of alkyl halides is 3. The van der Waals surface area contributed by atoms with E-state index in [9.17, 15) is 22.8 Å². The zero-order chi connectivity index (χ0) is 19.8. The van der Waals surface area contributed by atoms with Gasteiger partial charge in [-0.2, -0.15) is 18.3 Å². The van der Waals surface area contributed by atoms with Gasteiger partial charge in [-0.25, -0.2) is 0 Å². The van der Waals surface area contributed by atoms with Crippen molar-refractivity contribution in [3.05, 3.63) is 41.1 Å². The lowest BCUT2D eigenvalue weighted by molar-refractivity contribution is -0.147. The molecular formula is C19H20F3N3O2. The van der Waals surface area contributed by atoms with Crippen molar-refractivity contribution in [3.8, 4) is 11.3 Å². The molecule has 5 nitrogen and oxygen atoms in total. The van der Waals surface area contributed by atoms with E-state index >= 15 is 0 Å². The molecule has 0 spiro atoms. The first-order valence-corrected chi connectivity index (χ1v) is 8.79. The number of rotatable bonds is 4. The molecule has 0 saturated carbocycles. The van der Waals surface area contributed by atoms with Crippen molar-refractivity contribution in [3.63, 3.8) is 0 Å². The molecule has 27 heavy (non-hydrogen) atoms. The van der Waals surface area contributed by atoms with Crippen LogP contribution in [0.25, 0.3) is 11.3 Å². The summed E-state index contributed by atoms with van der Waals surface area (Å²) in [6.45, 7) is 4.19. The number of hydrogen-bond donors (Lipinski definition) is 1. The van der Waals surface area contributed by atoms with E-state index < -0.39 is 23.4 Å². The highest BCUT2D eigenvalue weighted by Gasteiger charge is 2.32. The second kappa shape index (κ2) is 7.17.